The van der Waals surface area contributed by atoms with Gasteiger partial charge in [-0.3, -0.25) is 14.6 Å². The molecule has 0 atom stereocenters. The Labute approximate surface area is 121 Å². The smallest absolute Gasteiger partial charge is 0.338 e. The van der Waals surface area contributed by atoms with Gasteiger partial charge in [-0.25, -0.2) is 9.59 Å². The first kappa shape index (κ1) is 14.7. The Balaban J connectivity index is 2.17. The van der Waals surface area contributed by atoms with Crippen molar-refractivity contribution in [1.29, 1.82) is 0 Å². The molecule has 110 valence electrons. The summed E-state index contributed by atoms with van der Waals surface area (Å²) in [6.45, 7) is 1.72. The van der Waals surface area contributed by atoms with Gasteiger partial charge in [0.05, 0.1) is 12.0 Å². The molecule has 0 saturated carbocycles. The average Bonchev–Trinajstić information content (AvgIpc) is 2.68. The summed E-state index contributed by atoms with van der Waals surface area (Å²) in [5, 5.41) is 11.7. The topological polar surface area (TPSA) is 132 Å². The molecule has 9 heteroatoms. The zero-order chi connectivity index (χ0) is 15.6. The predicted octanol–water partition coefficient (Wildman–Crippen LogP) is 0.313. The van der Waals surface area contributed by atoms with E-state index in [0.29, 0.717) is 0 Å². The summed E-state index contributed by atoms with van der Waals surface area (Å²) >= 11 is 1.14. The Kier molecular flexibility index (Phi) is 4.03. The van der Waals surface area contributed by atoms with Crippen LogP contribution in [0.15, 0.2) is 21.7 Å². The summed E-state index contributed by atoms with van der Waals surface area (Å²) < 4.78 is 0. The van der Waals surface area contributed by atoms with Crippen molar-refractivity contribution >= 4 is 28.2 Å². The lowest BCUT2D eigenvalue weighted by molar-refractivity contribution is -0.115. The van der Waals surface area contributed by atoms with Crippen molar-refractivity contribution in [2.45, 2.75) is 13.3 Å². The second-order valence-corrected chi connectivity index (χ2v) is 5.50. The van der Waals surface area contributed by atoms with Gasteiger partial charge < -0.3 is 15.4 Å². The van der Waals surface area contributed by atoms with Gasteiger partial charge in [0, 0.05) is 16.6 Å². The van der Waals surface area contributed by atoms with Crippen LogP contribution >= 0.6 is 11.3 Å². The van der Waals surface area contributed by atoms with Crippen LogP contribution in [0.4, 0.5) is 5.00 Å². The van der Waals surface area contributed by atoms with Gasteiger partial charge in [-0.2, -0.15) is 0 Å². The third-order valence-corrected chi connectivity index (χ3v) is 3.47. The molecular formula is C12H11N3O5S. The van der Waals surface area contributed by atoms with Gasteiger partial charge in [0.1, 0.15) is 5.00 Å². The molecule has 0 saturated heterocycles. The number of carbonyl (C=O) groups excluding carboxylic acids is 1. The van der Waals surface area contributed by atoms with Crippen LogP contribution in [0.25, 0.3) is 0 Å². The Bertz CT molecular complexity index is 789. The maximum Gasteiger partial charge on any atom is 0.338 e. The highest BCUT2D eigenvalue weighted by Gasteiger charge is 2.16. The fourth-order valence-corrected chi connectivity index (χ4v) is 2.64. The molecule has 2 aromatic heterocycles. The van der Waals surface area contributed by atoms with E-state index in [-0.39, 0.29) is 22.7 Å². The Morgan fingerprint density at radius 3 is 2.62 bits per heavy atom. The number of aromatic carboxylic acids is 1. The monoisotopic (exact) mass is 309 g/mol. The van der Waals surface area contributed by atoms with Gasteiger partial charge >= 0.3 is 11.7 Å². The molecule has 0 radical (unpaired) electrons. The van der Waals surface area contributed by atoms with Gasteiger partial charge in [0.15, 0.2) is 0 Å². The summed E-state index contributed by atoms with van der Waals surface area (Å²) in [6, 6.07) is 2.55. The second-order valence-electron chi connectivity index (χ2n) is 4.24. The van der Waals surface area contributed by atoms with E-state index >= 15 is 0 Å². The van der Waals surface area contributed by atoms with Crippen molar-refractivity contribution in [2.75, 3.05) is 5.32 Å². The highest BCUT2D eigenvalue weighted by atomic mass is 32.1. The van der Waals surface area contributed by atoms with Crippen LogP contribution in [0.1, 0.15) is 20.9 Å². The lowest BCUT2D eigenvalue weighted by atomic mass is 10.2. The normalized spacial score (nSPS) is 10.3. The molecule has 0 bridgehead atoms. The molecule has 0 aromatic carbocycles. The average molecular weight is 309 g/mol. The summed E-state index contributed by atoms with van der Waals surface area (Å²) in [4.78, 5) is 50.1. The molecule has 0 unspecified atom stereocenters. The molecule has 0 aliphatic rings. The Morgan fingerprint density at radius 2 is 2.00 bits per heavy atom. The van der Waals surface area contributed by atoms with Crippen LogP contribution in [-0.2, 0) is 11.2 Å². The van der Waals surface area contributed by atoms with Crippen LogP contribution in [0, 0.1) is 6.92 Å². The molecule has 0 spiro atoms. The number of aryl methyl sites for hydroxylation is 1. The molecule has 2 aromatic rings. The number of aromatic nitrogens is 2. The van der Waals surface area contributed by atoms with E-state index in [1.54, 1.807) is 6.92 Å². The van der Waals surface area contributed by atoms with Crippen LogP contribution in [0.5, 0.6) is 0 Å². The highest BCUT2D eigenvalue weighted by molar-refractivity contribution is 7.16. The Morgan fingerprint density at radius 1 is 1.29 bits per heavy atom. The van der Waals surface area contributed by atoms with Gasteiger partial charge in [-0.1, -0.05) is 0 Å². The molecule has 0 aliphatic heterocycles. The summed E-state index contributed by atoms with van der Waals surface area (Å²) in [6.07, 6.45) is -0.241. The van der Waals surface area contributed by atoms with Crippen molar-refractivity contribution in [2.24, 2.45) is 0 Å². The zero-order valence-electron chi connectivity index (χ0n) is 10.9. The number of carboxylic acid groups (broad SMARTS) is 1. The summed E-state index contributed by atoms with van der Waals surface area (Å²) in [5.41, 5.74) is -1.17. The molecule has 0 fully saturated rings. The predicted molar refractivity (Wildman–Crippen MR) is 76.0 cm³/mol. The number of thiophene rings is 1. The largest absolute Gasteiger partial charge is 0.478 e. The van der Waals surface area contributed by atoms with E-state index in [0.717, 1.165) is 22.3 Å². The molecule has 1 amide bonds. The second kappa shape index (κ2) is 5.75. The first-order valence-corrected chi connectivity index (χ1v) is 6.63. The number of hydrogen-bond donors (Lipinski definition) is 4. The van der Waals surface area contributed by atoms with Gasteiger partial charge in [-0.05, 0) is 13.0 Å². The van der Waals surface area contributed by atoms with Gasteiger partial charge in [0.25, 0.3) is 5.56 Å². The number of rotatable bonds is 4. The van der Waals surface area contributed by atoms with Crippen LogP contribution in [0.2, 0.25) is 0 Å². The number of H-pyrrole nitrogens is 2. The third-order valence-electron chi connectivity index (χ3n) is 2.51. The standard InChI is InChI=1S/C12H11N3O5S/c1-5-2-7(11(18)19)10(21-5)14-8(16)3-6-4-9(17)15-12(20)13-6/h2,4H,3H2,1H3,(H,14,16)(H,18,19)(H2,13,15,17,20). The maximum absolute atomic E-state index is 11.9. The van der Waals surface area contributed by atoms with E-state index in [2.05, 4.69) is 10.3 Å². The lowest BCUT2D eigenvalue weighted by Gasteiger charge is -2.04. The fraction of sp³-hybridized carbons (Fsp3) is 0.167. The number of nitrogens with one attached hydrogen (secondary N) is 3. The minimum atomic E-state index is -1.14. The molecule has 4 N–H and O–H groups in total. The summed E-state index contributed by atoms with van der Waals surface area (Å²) in [7, 11) is 0. The molecule has 2 rings (SSSR count). The highest BCUT2D eigenvalue weighted by Crippen LogP contribution is 2.27. The molecule has 8 nitrogen and oxygen atoms in total. The molecular weight excluding hydrogens is 298 g/mol. The lowest BCUT2D eigenvalue weighted by Crippen LogP contribution is -2.25. The van der Waals surface area contributed by atoms with Crippen molar-refractivity contribution in [3.05, 3.63) is 49.1 Å². The SMILES string of the molecule is Cc1cc(C(=O)O)c(NC(=O)Cc2cc(=O)[nH]c(=O)[nH]2)s1. The minimum Gasteiger partial charge on any atom is -0.478 e. The van der Waals surface area contributed by atoms with Crippen molar-refractivity contribution in [1.82, 2.24) is 9.97 Å². The molecule has 0 aliphatic carbocycles. The number of aromatic amines is 2. The summed E-state index contributed by atoms with van der Waals surface area (Å²) in [5.74, 6) is -1.67. The number of carboxylic acids is 1. The number of anilines is 1. The van der Waals surface area contributed by atoms with Crippen molar-refractivity contribution in [3.8, 4) is 0 Å². The van der Waals surface area contributed by atoms with Crippen LogP contribution in [0.3, 0.4) is 0 Å². The van der Waals surface area contributed by atoms with E-state index in [1.165, 1.54) is 6.07 Å². The maximum atomic E-state index is 11.9. The van der Waals surface area contributed by atoms with E-state index in [4.69, 9.17) is 5.11 Å². The minimum absolute atomic E-state index is 0.00486. The van der Waals surface area contributed by atoms with Crippen molar-refractivity contribution < 1.29 is 14.7 Å². The van der Waals surface area contributed by atoms with Crippen molar-refractivity contribution in [3.63, 3.8) is 0 Å². The van der Waals surface area contributed by atoms with Crippen LogP contribution < -0.4 is 16.6 Å². The Hall–Kier alpha value is -2.68. The zero-order valence-corrected chi connectivity index (χ0v) is 11.7. The first-order chi connectivity index (χ1) is 9.85. The van der Waals surface area contributed by atoms with E-state index in [1.807, 2.05) is 4.98 Å². The number of amides is 1. The molecule has 2 heterocycles. The van der Waals surface area contributed by atoms with Crippen LogP contribution in [-0.4, -0.2) is 27.0 Å². The number of carbonyl (C=O) groups is 2. The van der Waals surface area contributed by atoms with Gasteiger partial charge in [-0.15, -0.1) is 11.3 Å². The number of hydrogen-bond acceptors (Lipinski definition) is 5. The van der Waals surface area contributed by atoms with E-state index < -0.39 is 23.1 Å². The van der Waals surface area contributed by atoms with Gasteiger partial charge in [0.2, 0.25) is 5.91 Å². The molecule has 21 heavy (non-hydrogen) atoms. The quantitative estimate of drug-likeness (QED) is 0.645. The van der Waals surface area contributed by atoms with E-state index in [9.17, 15) is 19.2 Å². The third kappa shape index (κ3) is 3.66. The fourth-order valence-electron chi connectivity index (χ4n) is 1.72. The first-order valence-electron chi connectivity index (χ1n) is 5.81.